The predicted octanol–water partition coefficient (Wildman–Crippen LogP) is 2.05. The predicted molar refractivity (Wildman–Crippen MR) is 102 cm³/mol. The summed E-state index contributed by atoms with van der Waals surface area (Å²) in [6.07, 6.45) is 3.17. The number of nitrogens with one attached hydrogen (secondary N) is 2. The number of aromatic nitrogens is 4. The van der Waals surface area contributed by atoms with E-state index in [4.69, 9.17) is 4.42 Å². The molecule has 0 saturated carbocycles. The number of anilines is 1. The van der Waals surface area contributed by atoms with E-state index in [1.165, 1.54) is 17.0 Å². The third-order valence-corrected chi connectivity index (χ3v) is 4.26. The number of benzene rings is 1. The number of furan rings is 1. The fourth-order valence-electron chi connectivity index (χ4n) is 2.85. The number of carbonyl (C=O) groups is 2. The second-order valence-electron chi connectivity index (χ2n) is 6.15. The van der Waals surface area contributed by atoms with Gasteiger partial charge in [-0.1, -0.05) is 12.1 Å². The molecule has 4 aromatic rings. The number of amides is 2. The molecule has 9 nitrogen and oxygen atoms in total. The summed E-state index contributed by atoms with van der Waals surface area (Å²) in [5, 5.41) is 9.64. The number of fused-ring (bicyclic) bond motifs is 1. The van der Waals surface area contributed by atoms with Gasteiger partial charge in [-0.05, 0) is 24.3 Å². The van der Waals surface area contributed by atoms with Gasteiger partial charge in [-0.2, -0.15) is 5.10 Å². The zero-order valence-corrected chi connectivity index (χ0v) is 15.1. The van der Waals surface area contributed by atoms with E-state index in [0.717, 1.165) is 11.0 Å². The van der Waals surface area contributed by atoms with Crippen molar-refractivity contribution in [3.8, 4) is 0 Å². The molecule has 0 aliphatic heterocycles. The lowest BCUT2D eigenvalue weighted by atomic mass is 10.3. The van der Waals surface area contributed by atoms with Crippen LogP contribution in [-0.2, 0) is 13.6 Å². The van der Waals surface area contributed by atoms with Crippen LogP contribution in [-0.4, -0.2) is 37.7 Å². The first-order valence-electron chi connectivity index (χ1n) is 8.69. The molecule has 0 bridgehead atoms. The average molecular weight is 378 g/mol. The lowest BCUT2D eigenvalue weighted by molar-refractivity contribution is 0.0945. The lowest BCUT2D eigenvalue weighted by Crippen LogP contribution is -2.27. The molecule has 9 heteroatoms. The molecule has 0 atom stereocenters. The Hall–Kier alpha value is -3.88. The van der Waals surface area contributed by atoms with Crippen molar-refractivity contribution in [1.82, 2.24) is 24.6 Å². The maximum absolute atomic E-state index is 12.4. The highest BCUT2D eigenvalue weighted by molar-refractivity contribution is 6.02. The van der Waals surface area contributed by atoms with E-state index in [1.807, 2.05) is 28.8 Å². The minimum atomic E-state index is -0.410. The van der Waals surface area contributed by atoms with E-state index in [-0.39, 0.29) is 17.4 Å². The van der Waals surface area contributed by atoms with Gasteiger partial charge in [-0.3, -0.25) is 14.3 Å². The van der Waals surface area contributed by atoms with Crippen LogP contribution in [0.25, 0.3) is 11.0 Å². The van der Waals surface area contributed by atoms with Crippen LogP contribution < -0.4 is 10.6 Å². The van der Waals surface area contributed by atoms with Crippen molar-refractivity contribution in [1.29, 1.82) is 0 Å². The fraction of sp³-hybridized carbons (Fsp3) is 0.158. The van der Waals surface area contributed by atoms with Crippen LogP contribution in [0.5, 0.6) is 0 Å². The van der Waals surface area contributed by atoms with Gasteiger partial charge in [0.1, 0.15) is 5.82 Å². The number of para-hydroxylation sites is 2. The van der Waals surface area contributed by atoms with E-state index in [1.54, 1.807) is 25.5 Å². The number of hydrogen-bond donors (Lipinski definition) is 2. The molecule has 142 valence electrons. The van der Waals surface area contributed by atoms with Crippen molar-refractivity contribution >= 4 is 28.7 Å². The molecule has 4 rings (SSSR count). The molecule has 0 aliphatic carbocycles. The molecule has 0 saturated heterocycles. The summed E-state index contributed by atoms with van der Waals surface area (Å²) in [5.41, 5.74) is 2.14. The third-order valence-electron chi connectivity index (χ3n) is 4.26. The van der Waals surface area contributed by atoms with Crippen molar-refractivity contribution in [2.24, 2.45) is 7.05 Å². The number of carbonyl (C=O) groups excluding carboxylic acids is 2. The van der Waals surface area contributed by atoms with Crippen LogP contribution in [0.4, 0.5) is 5.82 Å². The maximum atomic E-state index is 12.4. The zero-order valence-electron chi connectivity index (χ0n) is 15.1. The first-order chi connectivity index (χ1) is 13.6. The van der Waals surface area contributed by atoms with Gasteiger partial charge in [-0.15, -0.1) is 0 Å². The SMILES string of the molecule is Cn1nc(C(=O)NCCn2cnc3ccccc32)cc1NC(=O)c1ccco1. The molecule has 3 heterocycles. The van der Waals surface area contributed by atoms with Gasteiger partial charge < -0.3 is 19.6 Å². The monoisotopic (exact) mass is 378 g/mol. The van der Waals surface area contributed by atoms with Crippen LogP contribution in [0.1, 0.15) is 21.0 Å². The van der Waals surface area contributed by atoms with Crippen molar-refractivity contribution in [3.63, 3.8) is 0 Å². The minimum absolute atomic E-state index is 0.180. The largest absolute Gasteiger partial charge is 0.459 e. The summed E-state index contributed by atoms with van der Waals surface area (Å²) in [5.74, 6) is -0.155. The molecule has 2 amide bonds. The smallest absolute Gasteiger partial charge is 0.292 e. The molecule has 0 spiro atoms. The summed E-state index contributed by atoms with van der Waals surface area (Å²) >= 11 is 0. The molecule has 0 fully saturated rings. The maximum Gasteiger partial charge on any atom is 0.292 e. The molecule has 1 aromatic carbocycles. The third kappa shape index (κ3) is 3.50. The number of nitrogens with zero attached hydrogens (tertiary/aromatic N) is 4. The molecular formula is C19H18N6O3. The Kier molecular flexibility index (Phi) is 4.63. The number of hydrogen-bond acceptors (Lipinski definition) is 5. The average Bonchev–Trinajstić information content (AvgIpc) is 3.43. The Labute approximate surface area is 160 Å². The van der Waals surface area contributed by atoms with E-state index in [2.05, 4.69) is 20.7 Å². The molecule has 28 heavy (non-hydrogen) atoms. The Morgan fingerprint density at radius 1 is 1.14 bits per heavy atom. The van der Waals surface area contributed by atoms with Crippen LogP contribution in [0, 0.1) is 0 Å². The highest BCUT2D eigenvalue weighted by Gasteiger charge is 2.16. The Morgan fingerprint density at radius 2 is 2.00 bits per heavy atom. The fourth-order valence-corrected chi connectivity index (χ4v) is 2.85. The normalized spacial score (nSPS) is 10.9. The van der Waals surface area contributed by atoms with E-state index < -0.39 is 5.91 Å². The van der Waals surface area contributed by atoms with Crippen LogP contribution in [0.2, 0.25) is 0 Å². The van der Waals surface area contributed by atoms with Crippen LogP contribution >= 0.6 is 0 Å². The number of rotatable bonds is 6. The zero-order chi connectivity index (χ0) is 19.5. The van der Waals surface area contributed by atoms with Crippen LogP contribution in [0.3, 0.4) is 0 Å². The van der Waals surface area contributed by atoms with E-state index >= 15 is 0 Å². The summed E-state index contributed by atoms with van der Waals surface area (Å²) in [6, 6.07) is 12.5. The topological polar surface area (TPSA) is 107 Å². The summed E-state index contributed by atoms with van der Waals surface area (Å²) < 4.78 is 8.46. The van der Waals surface area contributed by atoms with Gasteiger partial charge in [0.25, 0.3) is 11.8 Å². The van der Waals surface area contributed by atoms with Gasteiger partial charge in [0.2, 0.25) is 0 Å². The second-order valence-corrected chi connectivity index (χ2v) is 6.15. The molecule has 0 unspecified atom stereocenters. The van der Waals surface area contributed by atoms with E-state index in [0.29, 0.717) is 18.9 Å². The van der Waals surface area contributed by atoms with Crippen LogP contribution in [0.15, 0.2) is 59.5 Å². The van der Waals surface area contributed by atoms with Crippen molar-refractivity contribution < 1.29 is 14.0 Å². The Bertz CT molecular complexity index is 1130. The van der Waals surface area contributed by atoms with Crippen molar-refractivity contribution in [3.05, 3.63) is 66.5 Å². The highest BCUT2D eigenvalue weighted by atomic mass is 16.3. The molecule has 0 aliphatic rings. The Morgan fingerprint density at radius 3 is 2.82 bits per heavy atom. The summed E-state index contributed by atoms with van der Waals surface area (Å²) in [7, 11) is 1.64. The van der Waals surface area contributed by atoms with Gasteiger partial charge in [-0.25, -0.2) is 4.98 Å². The Balaban J connectivity index is 1.36. The quantitative estimate of drug-likeness (QED) is 0.534. The second kappa shape index (κ2) is 7.39. The first-order valence-corrected chi connectivity index (χ1v) is 8.69. The number of aryl methyl sites for hydroxylation is 1. The van der Waals surface area contributed by atoms with Crippen molar-refractivity contribution in [2.45, 2.75) is 6.54 Å². The molecule has 3 aromatic heterocycles. The molecule has 2 N–H and O–H groups in total. The standard InChI is InChI=1S/C19H18N6O3/c1-24-17(22-19(27)16-7-4-10-28-16)11-14(23-24)18(26)20-8-9-25-12-21-13-5-2-3-6-15(13)25/h2-7,10-12H,8-9H2,1H3,(H,20,26)(H,22,27). The van der Waals surface area contributed by atoms with Gasteiger partial charge >= 0.3 is 0 Å². The lowest BCUT2D eigenvalue weighted by Gasteiger charge is -2.05. The minimum Gasteiger partial charge on any atom is -0.459 e. The van der Waals surface area contributed by atoms with Gasteiger partial charge in [0, 0.05) is 26.2 Å². The van der Waals surface area contributed by atoms with Crippen molar-refractivity contribution in [2.75, 3.05) is 11.9 Å². The number of imidazole rings is 1. The van der Waals surface area contributed by atoms with E-state index in [9.17, 15) is 9.59 Å². The highest BCUT2D eigenvalue weighted by Crippen LogP contribution is 2.13. The first kappa shape index (κ1) is 17.5. The molecular weight excluding hydrogens is 360 g/mol. The molecule has 0 radical (unpaired) electrons. The summed E-state index contributed by atoms with van der Waals surface area (Å²) in [4.78, 5) is 28.8. The summed E-state index contributed by atoms with van der Waals surface area (Å²) in [6.45, 7) is 1.00. The van der Waals surface area contributed by atoms with Gasteiger partial charge in [0.15, 0.2) is 11.5 Å². The van der Waals surface area contributed by atoms with Gasteiger partial charge in [0.05, 0.1) is 23.6 Å².